The summed E-state index contributed by atoms with van der Waals surface area (Å²) in [7, 11) is 1.64. The van der Waals surface area contributed by atoms with E-state index in [9.17, 15) is 14.4 Å². The van der Waals surface area contributed by atoms with E-state index < -0.39 is 0 Å². The Bertz CT molecular complexity index is 734. The first-order valence-electron chi connectivity index (χ1n) is 10.3. The Hall–Kier alpha value is -2.67. The van der Waals surface area contributed by atoms with Crippen molar-refractivity contribution >= 4 is 23.8 Å². The summed E-state index contributed by atoms with van der Waals surface area (Å²) in [5.41, 5.74) is 1.00. The first-order chi connectivity index (χ1) is 14.1. The maximum Gasteiger partial charge on any atom is 0.246 e. The molecule has 0 spiro atoms. The van der Waals surface area contributed by atoms with Crippen molar-refractivity contribution in [3.8, 4) is 0 Å². The number of carbonyl (C=O) groups excluding carboxylic acids is 3. The molecule has 0 aromatic heterocycles. The van der Waals surface area contributed by atoms with Crippen molar-refractivity contribution in [1.29, 1.82) is 0 Å². The van der Waals surface area contributed by atoms with Gasteiger partial charge in [-0.2, -0.15) is 0 Å². The fraction of sp³-hybridized carbons (Fsp3) is 0.500. The molecule has 1 aromatic carbocycles. The molecule has 2 heterocycles. The molecule has 0 unspecified atom stereocenters. The fourth-order valence-corrected chi connectivity index (χ4v) is 3.85. The predicted molar refractivity (Wildman–Crippen MR) is 112 cm³/mol. The van der Waals surface area contributed by atoms with Crippen molar-refractivity contribution in [2.45, 2.75) is 12.8 Å². The van der Waals surface area contributed by atoms with Gasteiger partial charge in [0.15, 0.2) is 0 Å². The lowest BCUT2D eigenvalue weighted by Gasteiger charge is -2.38. The third-order valence-corrected chi connectivity index (χ3v) is 5.70. The first-order valence-corrected chi connectivity index (χ1v) is 10.3. The van der Waals surface area contributed by atoms with Crippen LogP contribution in [0.4, 0.5) is 0 Å². The smallest absolute Gasteiger partial charge is 0.246 e. The highest BCUT2D eigenvalue weighted by Gasteiger charge is 2.31. The molecule has 156 valence electrons. The minimum atomic E-state index is -0.0114. The molecule has 2 saturated heterocycles. The molecule has 0 saturated carbocycles. The zero-order valence-electron chi connectivity index (χ0n) is 17.0. The van der Waals surface area contributed by atoms with Crippen LogP contribution in [0.2, 0.25) is 0 Å². The van der Waals surface area contributed by atoms with Crippen molar-refractivity contribution in [3.05, 3.63) is 42.0 Å². The Balaban J connectivity index is 1.42. The summed E-state index contributed by atoms with van der Waals surface area (Å²) >= 11 is 0. The van der Waals surface area contributed by atoms with Crippen LogP contribution in [0.15, 0.2) is 36.4 Å². The van der Waals surface area contributed by atoms with Crippen LogP contribution >= 0.6 is 0 Å². The van der Waals surface area contributed by atoms with Crippen molar-refractivity contribution in [1.82, 2.24) is 20.0 Å². The lowest BCUT2D eigenvalue weighted by molar-refractivity contribution is -0.141. The van der Waals surface area contributed by atoms with Gasteiger partial charge in [-0.3, -0.25) is 19.3 Å². The molecular formula is C22H30N4O3. The van der Waals surface area contributed by atoms with Crippen LogP contribution in [0.5, 0.6) is 0 Å². The van der Waals surface area contributed by atoms with Gasteiger partial charge in [0.2, 0.25) is 17.7 Å². The Morgan fingerprint density at radius 3 is 2.24 bits per heavy atom. The summed E-state index contributed by atoms with van der Waals surface area (Å²) in [5.74, 6) is 0.185. The lowest BCUT2D eigenvalue weighted by atomic mass is 9.95. The van der Waals surface area contributed by atoms with E-state index in [1.54, 1.807) is 13.1 Å². The number of carbonyl (C=O) groups is 3. The van der Waals surface area contributed by atoms with Crippen LogP contribution in [-0.4, -0.2) is 85.3 Å². The monoisotopic (exact) mass is 398 g/mol. The second-order valence-electron chi connectivity index (χ2n) is 7.62. The van der Waals surface area contributed by atoms with Gasteiger partial charge in [-0.1, -0.05) is 30.3 Å². The van der Waals surface area contributed by atoms with E-state index in [1.165, 1.54) is 0 Å². The third kappa shape index (κ3) is 5.90. The van der Waals surface area contributed by atoms with Gasteiger partial charge in [0.05, 0.1) is 6.54 Å². The summed E-state index contributed by atoms with van der Waals surface area (Å²) in [6.45, 7) is 4.39. The molecule has 7 nitrogen and oxygen atoms in total. The van der Waals surface area contributed by atoms with Gasteiger partial charge in [0.25, 0.3) is 0 Å². The Morgan fingerprint density at radius 2 is 1.62 bits per heavy atom. The van der Waals surface area contributed by atoms with Gasteiger partial charge in [0.1, 0.15) is 0 Å². The molecule has 3 rings (SSSR count). The summed E-state index contributed by atoms with van der Waals surface area (Å²) in [6.07, 6.45) is 4.87. The molecule has 0 aliphatic carbocycles. The van der Waals surface area contributed by atoms with Crippen LogP contribution in [0.3, 0.4) is 0 Å². The van der Waals surface area contributed by atoms with E-state index >= 15 is 0 Å². The number of hydrogen-bond donors (Lipinski definition) is 1. The van der Waals surface area contributed by atoms with Crippen LogP contribution in [-0.2, 0) is 14.4 Å². The van der Waals surface area contributed by atoms with Gasteiger partial charge in [-0.05, 0) is 24.5 Å². The van der Waals surface area contributed by atoms with E-state index in [4.69, 9.17) is 0 Å². The summed E-state index contributed by atoms with van der Waals surface area (Å²) < 4.78 is 0. The minimum absolute atomic E-state index is 0.00238. The first kappa shape index (κ1) is 21.0. The second-order valence-corrected chi connectivity index (χ2v) is 7.62. The number of likely N-dealkylation sites (N-methyl/N-ethyl adjacent to an activating group) is 1. The second kappa shape index (κ2) is 10.2. The lowest BCUT2D eigenvalue weighted by Crippen LogP contribution is -2.53. The number of piperidine rings is 1. The Morgan fingerprint density at radius 1 is 0.966 bits per heavy atom. The number of amides is 3. The molecule has 1 N–H and O–H groups in total. The van der Waals surface area contributed by atoms with Crippen LogP contribution in [0.1, 0.15) is 18.4 Å². The number of piperazine rings is 1. The van der Waals surface area contributed by atoms with E-state index in [0.29, 0.717) is 45.6 Å². The summed E-state index contributed by atoms with van der Waals surface area (Å²) in [4.78, 5) is 42.5. The SMILES string of the molecule is CNC(=O)CN1CCN(C(=O)C2CCN(C(=O)/C=C/c3ccccc3)CC2)CC1. The normalized spacial score (nSPS) is 18.8. The molecule has 29 heavy (non-hydrogen) atoms. The topological polar surface area (TPSA) is 73.0 Å². The quantitative estimate of drug-likeness (QED) is 0.746. The maximum atomic E-state index is 12.8. The van der Waals surface area contributed by atoms with Crippen molar-refractivity contribution in [3.63, 3.8) is 0 Å². The molecule has 0 atom stereocenters. The molecule has 0 bridgehead atoms. The van der Waals surface area contributed by atoms with Gasteiger partial charge < -0.3 is 15.1 Å². The third-order valence-electron chi connectivity index (χ3n) is 5.70. The molecule has 2 fully saturated rings. The average Bonchev–Trinajstić information content (AvgIpc) is 2.78. The fourth-order valence-electron chi connectivity index (χ4n) is 3.85. The number of nitrogens with zero attached hydrogens (tertiary/aromatic N) is 3. The predicted octanol–water partition coefficient (Wildman–Crippen LogP) is 0.829. The van der Waals surface area contributed by atoms with E-state index in [1.807, 2.05) is 46.2 Å². The van der Waals surface area contributed by atoms with Gasteiger partial charge in [-0.15, -0.1) is 0 Å². The highest BCUT2D eigenvalue weighted by atomic mass is 16.2. The molecular weight excluding hydrogens is 368 g/mol. The molecule has 2 aliphatic rings. The van der Waals surface area contributed by atoms with Crippen molar-refractivity contribution < 1.29 is 14.4 Å². The van der Waals surface area contributed by atoms with Gasteiger partial charge >= 0.3 is 0 Å². The molecule has 2 aliphatic heterocycles. The number of likely N-dealkylation sites (tertiary alicyclic amines) is 1. The largest absolute Gasteiger partial charge is 0.358 e. The molecule has 1 aromatic rings. The van der Waals surface area contributed by atoms with E-state index in [-0.39, 0.29) is 23.6 Å². The Labute approximate surface area is 172 Å². The zero-order valence-corrected chi connectivity index (χ0v) is 17.0. The average molecular weight is 399 g/mol. The molecule has 0 radical (unpaired) electrons. The number of nitrogens with one attached hydrogen (secondary N) is 1. The molecule has 3 amide bonds. The summed E-state index contributed by atoms with van der Waals surface area (Å²) in [6, 6.07) is 9.76. The van der Waals surface area contributed by atoms with Crippen molar-refractivity contribution in [2.75, 3.05) is 52.9 Å². The van der Waals surface area contributed by atoms with Crippen LogP contribution in [0, 0.1) is 5.92 Å². The van der Waals surface area contributed by atoms with E-state index in [0.717, 1.165) is 18.7 Å². The van der Waals surface area contributed by atoms with Crippen LogP contribution in [0.25, 0.3) is 6.08 Å². The van der Waals surface area contributed by atoms with Gasteiger partial charge in [0, 0.05) is 58.3 Å². The number of hydrogen-bond acceptors (Lipinski definition) is 4. The number of rotatable bonds is 5. The maximum absolute atomic E-state index is 12.8. The van der Waals surface area contributed by atoms with Crippen LogP contribution < -0.4 is 5.32 Å². The molecule has 7 heteroatoms. The zero-order chi connectivity index (χ0) is 20.6. The van der Waals surface area contributed by atoms with Gasteiger partial charge in [-0.25, -0.2) is 0 Å². The Kier molecular flexibility index (Phi) is 7.41. The van der Waals surface area contributed by atoms with Crippen molar-refractivity contribution in [2.24, 2.45) is 5.92 Å². The summed E-state index contributed by atoms with van der Waals surface area (Å²) in [5, 5.41) is 2.63. The highest BCUT2D eigenvalue weighted by molar-refractivity contribution is 5.92. The standard InChI is InChI=1S/C22H30N4O3/c1-23-20(27)17-24-13-15-26(16-14-24)22(29)19-9-11-25(12-10-19)21(28)8-7-18-5-3-2-4-6-18/h2-8,19H,9-17H2,1H3,(H,23,27)/b8-7+. The number of benzene rings is 1. The highest BCUT2D eigenvalue weighted by Crippen LogP contribution is 2.21. The minimum Gasteiger partial charge on any atom is -0.358 e. The van der Waals surface area contributed by atoms with E-state index in [2.05, 4.69) is 10.2 Å².